The van der Waals surface area contributed by atoms with E-state index in [0.717, 1.165) is 35.7 Å². The summed E-state index contributed by atoms with van der Waals surface area (Å²) in [5, 5.41) is 8.40. The molecule has 2 heterocycles. The lowest BCUT2D eigenvalue weighted by Crippen LogP contribution is -2.33. The van der Waals surface area contributed by atoms with Gasteiger partial charge in [0.1, 0.15) is 5.01 Å². The van der Waals surface area contributed by atoms with Crippen LogP contribution in [0.2, 0.25) is 0 Å². The summed E-state index contributed by atoms with van der Waals surface area (Å²) < 4.78 is 0. The molecular weight excluding hydrogens is 336 g/mol. The Morgan fingerprint density at radius 2 is 1.96 bits per heavy atom. The first-order valence-corrected chi connectivity index (χ1v) is 9.63. The molecule has 0 saturated carbocycles. The molecule has 2 aromatic heterocycles. The number of guanidine groups is 1. The smallest absolute Gasteiger partial charge is 0.188 e. The van der Waals surface area contributed by atoms with E-state index in [1.165, 1.54) is 4.88 Å². The monoisotopic (exact) mass is 356 g/mol. The van der Waals surface area contributed by atoms with E-state index in [2.05, 4.69) is 50.3 Å². The number of nitrogens with two attached hydrogens (primary N) is 1. The molecule has 0 bridgehead atoms. The molecule has 0 fully saturated rings. The molecule has 3 N–H and O–H groups in total. The van der Waals surface area contributed by atoms with E-state index >= 15 is 0 Å². The van der Waals surface area contributed by atoms with Gasteiger partial charge in [0.05, 0.1) is 5.69 Å². The van der Waals surface area contributed by atoms with Crippen LogP contribution in [0.5, 0.6) is 0 Å². The van der Waals surface area contributed by atoms with E-state index in [1.807, 2.05) is 18.2 Å². The number of rotatable bonds is 7. The second kappa shape index (κ2) is 8.61. The lowest BCUT2D eigenvalue weighted by atomic mass is 10.2. The third kappa shape index (κ3) is 4.91. The van der Waals surface area contributed by atoms with Crippen LogP contribution < -0.4 is 11.1 Å². The minimum atomic E-state index is 0.505. The Hall–Kier alpha value is -2.18. The zero-order valence-electron chi connectivity index (χ0n) is 13.3. The summed E-state index contributed by atoms with van der Waals surface area (Å²) in [5.74, 6) is 0.505. The van der Waals surface area contributed by atoms with Crippen molar-refractivity contribution in [3.05, 3.63) is 63.8 Å². The van der Waals surface area contributed by atoms with Crippen LogP contribution in [0.3, 0.4) is 0 Å². The summed E-state index contributed by atoms with van der Waals surface area (Å²) in [5.41, 5.74) is 8.14. The van der Waals surface area contributed by atoms with Gasteiger partial charge in [-0.15, -0.1) is 22.7 Å². The van der Waals surface area contributed by atoms with Gasteiger partial charge in [-0.05, 0) is 11.4 Å². The summed E-state index contributed by atoms with van der Waals surface area (Å²) in [7, 11) is 0. The number of hydrogen-bond donors (Lipinski definition) is 2. The van der Waals surface area contributed by atoms with Crippen molar-refractivity contribution in [2.24, 2.45) is 10.7 Å². The maximum absolute atomic E-state index is 5.90. The van der Waals surface area contributed by atoms with Gasteiger partial charge in [0.2, 0.25) is 0 Å². The lowest BCUT2D eigenvalue weighted by molar-refractivity contribution is 0.831. The molecule has 1 aromatic carbocycles. The van der Waals surface area contributed by atoms with Crippen LogP contribution >= 0.6 is 22.7 Å². The Morgan fingerprint density at radius 1 is 1.08 bits per heavy atom. The first kappa shape index (κ1) is 16.7. The Bertz CT molecular complexity index is 763. The highest BCUT2D eigenvalue weighted by Crippen LogP contribution is 2.23. The molecule has 124 valence electrons. The van der Waals surface area contributed by atoms with Crippen LogP contribution in [0.15, 0.2) is 58.2 Å². The van der Waals surface area contributed by atoms with E-state index in [-0.39, 0.29) is 0 Å². The third-order valence-electron chi connectivity index (χ3n) is 3.48. The van der Waals surface area contributed by atoms with Gasteiger partial charge in [-0.1, -0.05) is 36.4 Å². The highest BCUT2D eigenvalue weighted by molar-refractivity contribution is 7.13. The number of thiazole rings is 1. The highest BCUT2D eigenvalue weighted by Gasteiger charge is 2.04. The summed E-state index contributed by atoms with van der Waals surface area (Å²) in [6.07, 6.45) is 1.77. The molecule has 0 aliphatic rings. The number of hydrogen-bond acceptors (Lipinski definition) is 4. The van der Waals surface area contributed by atoms with Gasteiger partial charge >= 0.3 is 0 Å². The molecule has 24 heavy (non-hydrogen) atoms. The fraction of sp³-hybridized carbons (Fsp3) is 0.222. The Balaban J connectivity index is 1.42. The summed E-state index contributed by atoms with van der Waals surface area (Å²) >= 11 is 3.43. The first-order chi connectivity index (χ1) is 11.8. The first-order valence-electron chi connectivity index (χ1n) is 7.87. The molecule has 0 saturated heterocycles. The molecule has 3 rings (SSSR count). The van der Waals surface area contributed by atoms with E-state index in [9.17, 15) is 0 Å². The van der Waals surface area contributed by atoms with Crippen molar-refractivity contribution in [1.82, 2.24) is 10.3 Å². The van der Waals surface area contributed by atoms with E-state index in [0.29, 0.717) is 12.5 Å². The fourth-order valence-corrected chi connectivity index (χ4v) is 3.81. The van der Waals surface area contributed by atoms with Gasteiger partial charge in [0, 0.05) is 41.8 Å². The highest BCUT2D eigenvalue weighted by atomic mass is 32.1. The fourth-order valence-electron chi connectivity index (χ4n) is 2.25. The number of aliphatic imine (C=N–C) groups is 1. The minimum absolute atomic E-state index is 0.505. The molecular formula is C18H20N4S2. The van der Waals surface area contributed by atoms with Gasteiger partial charge < -0.3 is 11.1 Å². The van der Waals surface area contributed by atoms with Crippen molar-refractivity contribution < 1.29 is 0 Å². The van der Waals surface area contributed by atoms with Gasteiger partial charge in [0.15, 0.2) is 5.96 Å². The predicted octanol–water partition coefficient (Wildman–Crippen LogP) is 3.56. The number of nitrogens with zero attached hydrogens (tertiary/aromatic N) is 2. The zero-order chi connectivity index (χ0) is 16.6. The largest absolute Gasteiger partial charge is 0.370 e. The lowest BCUT2D eigenvalue weighted by Gasteiger charge is -2.04. The predicted molar refractivity (Wildman–Crippen MR) is 104 cm³/mol. The summed E-state index contributed by atoms with van der Waals surface area (Å²) in [6, 6.07) is 14.4. The Labute approximate surface area is 150 Å². The maximum Gasteiger partial charge on any atom is 0.188 e. The number of benzene rings is 1. The van der Waals surface area contributed by atoms with E-state index in [1.54, 1.807) is 22.7 Å². The molecule has 0 unspecified atom stereocenters. The van der Waals surface area contributed by atoms with Crippen molar-refractivity contribution in [1.29, 1.82) is 0 Å². The summed E-state index contributed by atoms with van der Waals surface area (Å²) in [6.45, 7) is 1.46. The second-order valence-corrected chi connectivity index (χ2v) is 7.17. The van der Waals surface area contributed by atoms with Crippen molar-refractivity contribution in [2.75, 3.05) is 13.1 Å². The number of nitrogens with one attached hydrogen (secondary N) is 1. The van der Waals surface area contributed by atoms with Gasteiger partial charge in [-0.3, -0.25) is 4.99 Å². The average molecular weight is 357 g/mol. The van der Waals surface area contributed by atoms with Crippen molar-refractivity contribution in [3.63, 3.8) is 0 Å². The quantitative estimate of drug-likeness (QED) is 0.502. The molecule has 6 heteroatoms. The van der Waals surface area contributed by atoms with Crippen LogP contribution in [0.25, 0.3) is 10.6 Å². The SMILES string of the molecule is NC(=NCCc1cccs1)NCCc1csc(-c2ccccc2)n1. The Morgan fingerprint density at radius 3 is 2.75 bits per heavy atom. The molecule has 0 aliphatic carbocycles. The minimum Gasteiger partial charge on any atom is -0.370 e. The average Bonchev–Trinajstić information content (AvgIpc) is 3.28. The maximum atomic E-state index is 5.90. The van der Waals surface area contributed by atoms with E-state index < -0.39 is 0 Å². The topological polar surface area (TPSA) is 63.3 Å². The van der Waals surface area contributed by atoms with Gasteiger partial charge in [-0.2, -0.15) is 0 Å². The third-order valence-corrected chi connectivity index (χ3v) is 5.36. The van der Waals surface area contributed by atoms with Crippen LogP contribution in [0.1, 0.15) is 10.6 Å². The zero-order valence-corrected chi connectivity index (χ0v) is 14.9. The standard InChI is InChI=1S/C18H20N4S2/c19-18(21-11-9-16-7-4-12-23-16)20-10-8-15-13-24-17(22-15)14-5-2-1-3-6-14/h1-7,12-13H,8-11H2,(H3,19,20,21). The van der Waals surface area contributed by atoms with Crippen LogP contribution in [-0.4, -0.2) is 24.0 Å². The number of aromatic nitrogens is 1. The van der Waals surface area contributed by atoms with Crippen molar-refractivity contribution in [3.8, 4) is 10.6 Å². The van der Waals surface area contributed by atoms with Crippen LogP contribution in [-0.2, 0) is 12.8 Å². The molecule has 3 aromatic rings. The number of thiophene rings is 1. The molecule has 0 aliphatic heterocycles. The molecule has 0 atom stereocenters. The van der Waals surface area contributed by atoms with E-state index in [4.69, 9.17) is 5.73 Å². The van der Waals surface area contributed by atoms with Crippen molar-refractivity contribution >= 4 is 28.6 Å². The summed E-state index contributed by atoms with van der Waals surface area (Å²) in [4.78, 5) is 10.4. The molecule has 0 amide bonds. The normalized spacial score (nSPS) is 11.6. The molecule has 4 nitrogen and oxygen atoms in total. The Kier molecular flexibility index (Phi) is 5.98. The van der Waals surface area contributed by atoms with Crippen LogP contribution in [0, 0.1) is 0 Å². The molecule has 0 spiro atoms. The van der Waals surface area contributed by atoms with Crippen LogP contribution in [0.4, 0.5) is 0 Å². The second-order valence-electron chi connectivity index (χ2n) is 5.28. The van der Waals surface area contributed by atoms with Gasteiger partial charge in [-0.25, -0.2) is 4.98 Å². The molecule has 0 radical (unpaired) electrons. The van der Waals surface area contributed by atoms with Crippen molar-refractivity contribution in [2.45, 2.75) is 12.8 Å². The van der Waals surface area contributed by atoms with Gasteiger partial charge in [0.25, 0.3) is 0 Å².